The van der Waals surface area contributed by atoms with Crippen molar-refractivity contribution in [1.82, 2.24) is 10.2 Å². The molecule has 2 N–H and O–H groups in total. The summed E-state index contributed by atoms with van der Waals surface area (Å²) in [5.74, 6) is -1.47. The van der Waals surface area contributed by atoms with Crippen molar-refractivity contribution in [2.45, 2.75) is 38.1 Å². The van der Waals surface area contributed by atoms with Crippen LogP contribution in [-0.4, -0.2) is 66.9 Å². The maximum atomic E-state index is 12.5. The summed E-state index contributed by atoms with van der Waals surface area (Å²) in [5, 5.41) is 12.0. The standard InChI is InChI=1S/C27H32N2O6/c1-18-19(26(31)32)11-6-14-29(18)25(30)12-15-34-16-13-28-27(33)35-17-24-22-9-4-2-7-20(22)21-8-3-5-10-23(21)24/h2-5,7-10,18-19,24H,6,11-17H2,1H3,(H,28,33)(H,31,32)/t18-,19-/m1/s1. The minimum atomic E-state index is -0.856. The van der Waals surface area contributed by atoms with E-state index in [1.165, 1.54) is 11.1 Å². The number of piperidine rings is 1. The second-order valence-electron chi connectivity index (χ2n) is 9.03. The van der Waals surface area contributed by atoms with Gasteiger partial charge in [-0.05, 0) is 42.0 Å². The van der Waals surface area contributed by atoms with Gasteiger partial charge in [-0.15, -0.1) is 0 Å². The molecule has 2 aromatic carbocycles. The smallest absolute Gasteiger partial charge is 0.407 e. The van der Waals surface area contributed by atoms with Crippen LogP contribution >= 0.6 is 0 Å². The van der Waals surface area contributed by atoms with Gasteiger partial charge in [0.05, 0.1) is 25.6 Å². The Hall–Kier alpha value is -3.39. The van der Waals surface area contributed by atoms with E-state index in [4.69, 9.17) is 9.47 Å². The molecular formula is C27H32N2O6. The van der Waals surface area contributed by atoms with Crippen LogP contribution in [0.3, 0.4) is 0 Å². The molecular weight excluding hydrogens is 448 g/mol. The lowest BCUT2D eigenvalue weighted by molar-refractivity contribution is -0.149. The van der Waals surface area contributed by atoms with E-state index in [1.54, 1.807) is 11.8 Å². The summed E-state index contributed by atoms with van der Waals surface area (Å²) in [5.41, 5.74) is 4.68. The average molecular weight is 481 g/mol. The zero-order valence-corrected chi connectivity index (χ0v) is 19.9. The van der Waals surface area contributed by atoms with Gasteiger partial charge in [-0.3, -0.25) is 9.59 Å². The van der Waals surface area contributed by atoms with Crippen molar-refractivity contribution in [2.75, 3.05) is 32.9 Å². The Labute approximate surface area is 205 Å². The number of alkyl carbamates (subject to hydrolysis) is 1. The number of carbonyl (C=O) groups excluding carboxylic acids is 2. The Kier molecular flexibility index (Phi) is 8.02. The molecule has 1 aliphatic carbocycles. The van der Waals surface area contributed by atoms with Gasteiger partial charge in [0.2, 0.25) is 5.91 Å². The Bertz CT molecular complexity index is 1030. The molecule has 0 aromatic heterocycles. The molecule has 1 fully saturated rings. The molecule has 1 saturated heterocycles. The molecule has 8 heteroatoms. The van der Waals surface area contributed by atoms with Crippen LogP contribution in [0.4, 0.5) is 4.79 Å². The quantitative estimate of drug-likeness (QED) is 0.531. The first-order chi connectivity index (χ1) is 17.0. The normalized spacial score (nSPS) is 19.1. The number of nitrogens with zero attached hydrogens (tertiary/aromatic N) is 1. The van der Waals surface area contributed by atoms with Crippen LogP contribution in [0.1, 0.15) is 43.2 Å². The number of benzene rings is 2. The number of carbonyl (C=O) groups is 3. The molecule has 186 valence electrons. The number of nitrogens with one attached hydrogen (secondary N) is 1. The highest BCUT2D eigenvalue weighted by Crippen LogP contribution is 2.44. The summed E-state index contributed by atoms with van der Waals surface area (Å²) in [6.07, 6.45) is 0.964. The van der Waals surface area contributed by atoms with Gasteiger partial charge in [0.25, 0.3) is 0 Å². The van der Waals surface area contributed by atoms with Gasteiger partial charge >= 0.3 is 12.1 Å². The van der Waals surface area contributed by atoms with E-state index in [0.717, 1.165) is 11.1 Å². The Morgan fingerprint density at radius 1 is 1.03 bits per heavy atom. The predicted molar refractivity (Wildman–Crippen MR) is 130 cm³/mol. The number of hydrogen-bond acceptors (Lipinski definition) is 5. The molecule has 2 aromatic rings. The topological polar surface area (TPSA) is 105 Å². The number of carboxylic acids is 1. The molecule has 1 aliphatic heterocycles. The number of hydrogen-bond donors (Lipinski definition) is 2. The third-order valence-corrected chi connectivity index (χ3v) is 6.95. The number of carboxylic acid groups (broad SMARTS) is 1. The van der Waals surface area contributed by atoms with Crippen LogP contribution in [0.2, 0.25) is 0 Å². The largest absolute Gasteiger partial charge is 0.481 e. The van der Waals surface area contributed by atoms with Crippen molar-refractivity contribution in [1.29, 1.82) is 0 Å². The van der Waals surface area contributed by atoms with Gasteiger partial charge < -0.3 is 24.8 Å². The summed E-state index contributed by atoms with van der Waals surface area (Å²) < 4.78 is 11.0. The summed E-state index contributed by atoms with van der Waals surface area (Å²) >= 11 is 0. The molecule has 0 saturated carbocycles. The molecule has 0 unspecified atom stereocenters. The zero-order chi connectivity index (χ0) is 24.8. The average Bonchev–Trinajstić information content (AvgIpc) is 3.18. The van der Waals surface area contributed by atoms with Crippen molar-refractivity contribution in [3.8, 4) is 11.1 Å². The van der Waals surface area contributed by atoms with E-state index in [1.807, 2.05) is 24.3 Å². The Morgan fingerprint density at radius 2 is 1.69 bits per heavy atom. The molecule has 0 bridgehead atoms. The summed E-state index contributed by atoms with van der Waals surface area (Å²) in [7, 11) is 0. The van der Waals surface area contributed by atoms with E-state index < -0.39 is 18.0 Å². The van der Waals surface area contributed by atoms with Crippen LogP contribution in [0.25, 0.3) is 11.1 Å². The van der Waals surface area contributed by atoms with Crippen LogP contribution < -0.4 is 5.32 Å². The molecule has 8 nitrogen and oxygen atoms in total. The number of rotatable bonds is 9. The SMILES string of the molecule is C[C@@H]1[C@H](C(=O)O)CCCN1C(=O)CCOCCNC(=O)OCC1c2ccccc2-c2ccccc21. The lowest BCUT2D eigenvalue weighted by Gasteiger charge is -2.37. The lowest BCUT2D eigenvalue weighted by atomic mass is 9.90. The van der Waals surface area contributed by atoms with Crippen molar-refractivity contribution in [3.63, 3.8) is 0 Å². The summed E-state index contributed by atoms with van der Waals surface area (Å²) in [6, 6.07) is 16.0. The van der Waals surface area contributed by atoms with E-state index in [-0.39, 0.29) is 50.7 Å². The minimum Gasteiger partial charge on any atom is -0.481 e. The first-order valence-electron chi connectivity index (χ1n) is 12.2. The van der Waals surface area contributed by atoms with Crippen molar-refractivity contribution in [3.05, 3.63) is 59.7 Å². The summed E-state index contributed by atoms with van der Waals surface area (Å²) in [6.45, 7) is 3.35. The first kappa shape index (κ1) is 24.7. The highest BCUT2D eigenvalue weighted by molar-refractivity contribution is 5.79. The fourth-order valence-electron chi connectivity index (χ4n) is 5.11. The van der Waals surface area contributed by atoms with Gasteiger partial charge in [0.15, 0.2) is 0 Å². The van der Waals surface area contributed by atoms with E-state index in [2.05, 4.69) is 29.6 Å². The molecule has 2 atom stereocenters. The monoisotopic (exact) mass is 480 g/mol. The van der Waals surface area contributed by atoms with Gasteiger partial charge in [0.1, 0.15) is 6.61 Å². The predicted octanol–water partition coefficient (Wildman–Crippen LogP) is 3.64. The number of ether oxygens (including phenoxy) is 2. The zero-order valence-electron chi connectivity index (χ0n) is 19.9. The second-order valence-corrected chi connectivity index (χ2v) is 9.03. The molecule has 4 rings (SSSR count). The second kappa shape index (κ2) is 11.4. The molecule has 2 amide bonds. The van der Waals surface area contributed by atoms with E-state index >= 15 is 0 Å². The van der Waals surface area contributed by atoms with E-state index in [0.29, 0.717) is 19.4 Å². The number of amides is 2. The third kappa shape index (κ3) is 5.65. The molecule has 2 aliphatic rings. The first-order valence-corrected chi connectivity index (χ1v) is 12.2. The lowest BCUT2D eigenvalue weighted by Crippen LogP contribution is -2.49. The van der Waals surface area contributed by atoms with Gasteiger partial charge in [-0.2, -0.15) is 0 Å². The molecule has 0 radical (unpaired) electrons. The van der Waals surface area contributed by atoms with Crippen LogP contribution in [-0.2, 0) is 19.1 Å². The third-order valence-electron chi connectivity index (χ3n) is 6.95. The number of aliphatic carboxylic acids is 1. The van der Waals surface area contributed by atoms with Gasteiger partial charge in [0, 0.05) is 25.0 Å². The van der Waals surface area contributed by atoms with Crippen molar-refractivity contribution < 1.29 is 29.0 Å². The van der Waals surface area contributed by atoms with E-state index in [9.17, 15) is 19.5 Å². The molecule has 0 spiro atoms. The van der Waals surface area contributed by atoms with Gasteiger partial charge in [-0.25, -0.2) is 4.79 Å². The minimum absolute atomic E-state index is 0.00770. The highest BCUT2D eigenvalue weighted by Gasteiger charge is 2.35. The van der Waals surface area contributed by atoms with Crippen molar-refractivity contribution in [2.24, 2.45) is 5.92 Å². The maximum absolute atomic E-state index is 12.5. The van der Waals surface area contributed by atoms with Crippen LogP contribution in [0, 0.1) is 5.92 Å². The number of fused-ring (bicyclic) bond motifs is 3. The fraction of sp³-hybridized carbons (Fsp3) is 0.444. The Balaban J connectivity index is 1.14. The molecule has 35 heavy (non-hydrogen) atoms. The Morgan fingerprint density at radius 3 is 2.34 bits per heavy atom. The van der Waals surface area contributed by atoms with Crippen molar-refractivity contribution >= 4 is 18.0 Å². The maximum Gasteiger partial charge on any atom is 0.407 e. The van der Waals surface area contributed by atoms with Crippen LogP contribution in [0.5, 0.6) is 0 Å². The number of likely N-dealkylation sites (tertiary alicyclic amines) is 1. The van der Waals surface area contributed by atoms with Crippen LogP contribution in [0.15, 0.2) is 48.5 Å². The van der Waals surface area contributed by atoms with Gasteiger partial charge in [-0.1, -0.05) is 48.5 Å². The highest BCUT2D eigenvalue weighted by atomic mass is 16.5. The summed E-state index contributed by atoms with van der Waals surface area (Å²) in [4.78, 5) is 37.6. The molecule has 1 heterocycles. The fourth-order valence-corrected chi connectivity index (χ4v) is 5.11.